The molecule has 0 bridgehead atoms. The summed E-state index contributed by atoms with van der Waals surface area (Å²) >= 11 is 1.06. The van der Waals surface area contributed by atoms with Gasteiger partial charge in [0.1, 0.15) is 12.1 Å². The van der Waals surface area contributed by atoms with Gasteiger partial charge in [-0.05, 0) is 94.6 Å². The Morgan fingerprint density at radius 1 is 0.817 bits per heavy atom. The molecule has 20 nitrogen and oxygen atoms in total. The van der Waals surface area contributed by atoms with Gasteiger partial charge in [-0.1, -0.05) is 122 Å². The quantitative estimate of drug-likeness (QED) is 0.0144. The van der Waals surface area contributed by atoms with Crippen molar-refractivity contribution < 1.29 is 52.6 Å². The summed E-state index contributed by atoms with van der Waals surface area (Å²) in [5.41, 5.74) is 4.96. The molecule has 0 aromatic heterocycles. The van der Waals surface area contributed by atoms with E-state index in [0.717, 1.165) is 30.4 Å². The second-order valence-corrected chi connectivity index (χ2v) is 23.4. The van der Waals surface area contributed by atoms with Gasteiger partial charge >= 0.3 is 5.97 Å². The molecule has 3 rings (SSSR count). The van der Waals surface area contributed by atoms with Gasteiger partial charge < -0.3 is 34.6 Å². The Labute approximate surface area is 492 Å². The smallest absolute Gasteiger partial charge is 0.338 e. The summed E-state index contributed by atoms with van der Waals surface area (Å²) in [6.45, 7) is 17.9. The lowest BCUT2D eigenvalue weighted by Crippen LogP contribution is -2.59. The molecular formula is C61H97N9O11S. The van der Waals surface area contributed by atoms with Crippen molar-refractivity contribution in [2.24, 2.45) is 33.9 Å². The van der Waals surface area contributed by atoms with Crippen LogP contribution in [0.3, 0.4) is 0 Å². The van der Waals surface area contributed by atoms with Crippen LogP contribution in [0.1, 0.15) is 148 Å². The summed E-state index contributed by atoms with van der Waals surface area (Å²) in [6.07, 6.45) is 3.85. The van der Waals surface area contributed by atoms with Gasteiger partial charge in [-0.2, -0.15) is 5.10 Å². The van der Waals surface area contributed by atoms with Crippen molar-refractivity contribution in [1.29, 1.82) is 0 Å². The monoisotopic (exact) mass is 1160 g/mol. The molecular weight excluding hydrogens is 1070 g/mol. The van der Waals surface area contributed by atoms with E-state index in [0.29, 0.717) is 75.1 Å². The van der Waals surface area contributed by atoms with Crippen LogP contribution in [0.2, 0.25) is 0 Å². The number of hydrazone groups is 1. The fourth-order valence-electron chi connectivity index (χ4n) is 10.8. The first-order valence-electron chi connectivity index (χ1n) is 29.1. The molecule has 0 aliphatic carbocycles. The number of nitrogens with two attached hydrogens (primary N) is 1. The number of hydrogen-bond donors (Lipinski definition) is 4. The van der Waals surface area contributed by atoms with Crippen LogP contribution in [0.4, 0.5) is 0 Å². The summed E-state index contributed by atoms with van der Waals surface area (Å²) in [5.74, 6) is -2.68. The average Bonchev–Trinajstić information content (AvgIpc) is 3.94. The molecule has 2 aromatic rings. The van der Waals surface area contributed by atoms with Crippen LogP contribution in [0, 0.1) is 23.7 Å². The van der Waals surface area contributed by atoms with E-state index in [9.17, 15) is 38.4 Å². The third-order valence-corrected chi connectivity index (χ3v) is 16.2. The zero-order valence-electron chi connectivity index (χ0n) is 51.3. The highest BCUT2D eigenvalue weighted by Gasteiger charge is 2.43. The first-order valence-corrected chi connectivity index (χ1v) is 30.1. The Hall–Kier alpha value is -5.74. The summed E-state index contributed by atoms with van der Waals surface area (Å²) in [4.78, 5) is 113. The number of unbranched alkanes of at least 4 members (excludes halogenated alkanes) is 3. The molecule has 458 valence electrons. The van der Waals surface area contributed by atoms with Gasteiger partial charge in [-0.3, -0.25) is 48.5 Å². The highest BCUT2D eigenvalue weighted by molar-refractivity contribution is 7.97. The lowest BCUT2D eigenvalue weighted by atomic mass is 9.89. The van der Waals surface area contributed by atoms with Crippen molar-refractivity contribution in [3.8, 4) is 0 Å². The minimum atomic E-state index is -0.805. The van der Waals surface area contributed by atoms with E-state index in [1.165, 1.54) is 12.0 Å². The van der Waals surface area contributed by atoms with Crippen molar-refractivity contribution in [2.45, 2.75) is 181 Å². The molecule has 2 aromatic carbocycles. The van der Waals surface area contributed by atoms with Crippen LogP contribution >= 0.6 is 11.9 Å². The number of carbonyl (C=O) groups is 8. The molecule has 1 saturated heterocycles. The number of nitrogens with one attached hydrogen (secondary N) is 3. The third kappa shape index (κ3) is 21.5. The topological polar surface area (TPSA) is 252 Å². The van der Waals surface area contributed by atoms with Gasteiger partial charge in [0.15, 0.2) is 0 Å². The summed E-state index contributed by atoms with van der Waals surface area (Å²) in [5, 5.41) is 15.8. The number of methoxy groups -OCH3 is 2. The molecule has 0 saturated carbocycles. The summed E-state index contributed by atoms with van der Waals surface area (Å²) in [7, 11) is 8.49. The molecule has 1 aliphatic rings. The molecule has 21 heteroatoms. The predicted octanol–water partition coefficient (Wildman–Crippen LogP) is 6.38. The lowest BCUT2D eigenvalue weighted by molar-refractivity contribution is -0.148. The first kappa shape index (κ1) is 70.5. The van der Waals surface area contributed by atoms with Crippen LogP contribution in [-0.4, -0.2) is 176 Å². The SMILES string of the molecule is CCC(C)C(C(CC(=O)N1CCCC1C(OC)C(C)C(=O)NC(C)C(Cc1ccccc1)OC(=O)c1ccc(/C(C)=N/NC(=O)CCCCCCN(C=O)C(=O)CCSN)cc1)OC)N(C)C(=O)[C@@H](NC(=O)C(C(C)C)N(C)C)C(C)C. The number of benzene rings is 2. The number of nitrogens with zero attached hydrogens (tertiary/aromatic N) is 5. The van der Waals surface area contributed by atoms with Gasteiger partial charge in [0, 0.05) is 59.4 Å². The van der Waals surface area contributed by atoms with E-state index in [4.69, 9.17) is 19.3 Å². The molecule has 82 heavy (non-hydrogen) atoms. The minimum Gasteiger partial charge on any atom is -0.456 e. The maximum Gasteiger partial charge on any atom is 0.338 e. The Balaban J connectivity index is 1.69. The van der Waals surface area contributed by atoms with E-state index in [1.54, 1.807) is 69.0 Å². The van der Waals surface area contributed by atoms with E-state index in [2.05, 4.69) is 21.2 Å². The fraction of sp³-hybridized carbons (Fsp3) is 0.656. The summed E-state index contributed by atoms with van der Waals surface area (Å²) in [6, 6.07) is 13.4. The average molecular weight is 1160 g/mol. The number of esters is 1. The van der Waals surface area contributed by atoms with Crippen molar-refractivity contribution >= 4 is 65.5 Å². The maximum atomic E-state index is 14.5. The van der Waals surface area contributed by atoms with Gasteiger partial charge in [0.2, 0.25) is 41.9 Å². The number of rotatable bonds is 36. The largest absolute Gasteiger partial charge is 0.456 e. The number of ether oxygens (including phenoxy) is 3. The molecule has 9 unspecified atom stereocenters. The van der Waals surface area contributed by atoms with Gasteiger partial charge in [-0.25, -0.2) is 10.2 Å². The number of carbonyl (C=O) groups excluding carboxylic acids is 8. The highest BCUT2D eigenvalue weighted by Crippen LogP contribution is 2.30. The van der Waals surface area contributed by atoms with Gasteiger partial charge in [-0.15, -0.1) is 0 Å². The highest BCUT2D eigenvalue weighted by atomic mass is 32.2. The molecule has 0 radical (unpaired) electrons. The second kappa shape index (κ2) is 36.1. The zero-order chi connectivity index (χ0) is 61.2. The van der Waals surface area contributed by atoms with Gasteiger partial charge in [0.05, 0.1) is 60.0 Å². The van der Waals surface area contributed by atoms with Crippen LogP contribution in [0.15, 0.2) is 59.7 Å². The molecule has 5 N–H and O–H groups in total. The first-order chi connectivity index (χ1) is 39.0. The van der Waals surface area contributed by atoms with Crippen molar-refractivity contribution in [3.63, 3.8) is 0 Å². The summed E-state index contributed by atoms with van der Waals surface area (Å²) < 4.78 is 18.4. The number of amides is 7. The zero-order valence-corrected chi connectivity index (χ0v) is 52.1. The Morgan fingerprint density at radius 2 is 1.46 bits per heavy atom. The Morgan fingerprint density at radius 3 is 2.04 bits per heavy atom. The number of imide groups is 1. The minimum absolute atomic E-state index is 0.0130. The van der Waals surface area contributed by atoms with Crippen molar-refractivity contribution in [2.75, 3.05) is 54.2 Å². The fourth-order valence-corrected chi connectivity index (χ4v) is 11.1. The standard InChI is InChI=1S/C61H97N9O11S/c1-15-41(6)56(68(12)60(77)54(39(2)3)64-59(76)55(40(4)5)67(10)11)50(79-13)37-53(74)70-34-23-26-48(70)57(80-14)42(7)58(75)63-44(9)49(36-45-24-19-18-20-25-45)81-61(78)47-30-28-46(29-31-47)43(8)65-66-51(72)27-21-16-17-22-33-69(38-71)52(73)32-35-82-62/h18-20,24-25,28-31,38-42,44,48-50,54-57H,15-17,21-23,26-27,32-37,62H2,1-14H3,(H,63,75)(H,64,76)(H,66,72)/b65-43+/t41?,42?,44?,48?,49?,50?,54-,55?,56?,57?/m0/s1. The van der Waals surface area contributed by atoms with Crippen molar-refractivity contribution in [3.05, 3.63) is 71.3 Å². The van der Waals surface area contributed by atoms with Crippen LogP contribution in [0.5, 0.6) is 0 Å². The number of likely N-dealkylation sites (N-methyl/N-ethyl adjacent to an activating group) is 2. The molecule has 10 atom stereocenters. The van der Waals surface area contributed by atoms with Crippen molar-refractivity contribution in [1.82, 2.24) is 35.7 Å². The van der Waals surface area contributed by atoms with E-state index in [-0.39, 0.29) is 78.0 Å². The third-order valence-electron chi connectivity index (χ3n) is 15.7. The van der Waals surface area contributed by atoms with E-state index in [1.807, 2.05) is 90.9 Å². The van der Waals surface area contributed by atoms with Crippen LogP contribution < -0.4 is 21.2 Å². The number of hydrogen-bond acceptors (Lipinski definition) is 15. The number of likely N-dealkylation sites (tertiary alicyclic amines) is 1. The lowest BCUT2D eigenvalue weighted by Gasteiger charge is -2.41. The molecule has 1 heterocycles. The van der Waals surface area contributed by atoms with Crippen LogP contribution in [0.25, 0.3) is 0 Å². The molecule has 1 aliphatic heterocycles. The van der Waals surface area contributed by atoms with Gasteiger partial charge in [0.25, 0.3) is 0 Å². The second-order valence-electron chi connectivity index (χ2n) is 22.7. The molecule has 0 spiro atoms. The van der Waals surface area contributed by atoms with E-state index >= 15 is 0 Å². The van der Waals surface area contributed by atoms with E-state index < -0.39 is 60.4 Å². The predicted molar refractivity (Wildman–Crippen MR) is 321 cm³/mol. The maximum absolute atomic E-state index is 14.5. The Bertz CT molecular complexity index is 2370. The van der Waals surface area contributed by atoms with Crippen LogP contribution in [-0.2, 0) is 54.2 Å². The Kier molecular flexibility index (Phi) is 31.0. The molecule has 1 fully saturated rings. The molecule has 7 amide bonds. The normalized spacial score (nSPS) is 17.0.